The van der Waals surface area contributed by atoms with Crippen molar-refractivity contribution in [1.29, 1.82) is 0 Å². The molecule has 0 spiro atoms. The number of aromatic nitrogens is 2. The van der Waals surface area contributed by atoms with Gasteiger partial charge in [-0.05, 0) is 54.4 Å². The van der Waals surface area contributed by atoms with Crippen LogP contribution < -0.4 is 25.3 Å². The summed E-state index contributed by atoms with van der Waals surface area (Å²) in [4.78, 5) is 22.1. The van der Waals surface area contributed by atoms with Crippen molar-refractivity contribution in [3.05, 3.63) is 83.8 Å². The van der Waals surface area contributed by atoms with E-state index in [4.69, 9.17) is 0 Å². The quantitative estimate of drug-likeness (QED) is 0.368. The molecule has 1 amide bonds. The molecule has 0 atom stereocenters. The number of alkyl halides is 3. The number of nitrogens with one attached hydrogen (secondary N) is 1. The van der Waals surface area contributed by atoms with Gasteiger partial charge in [-0.1, -0.05) is 30.6 Å². The number of pyridine rings is 1. The van der Waals surface area contributed by atoms with Crippen molar-refractivity contribution in [3.63, 3.8) is 0 Å². The number of piperazine rings is 1. The maximum atomic E-state index is 13.1. The Morgan fingerprint density at radius 2 is 1.54 bits per heavy atom. The van der Waals surface area contributed by atoms with Crippen molar-refractivity contribution in [2.75, 3.05) is 36.0 Å². The van der Waals surface area contributed by atoms with E-state index in [1.165, 1.54) is 12.1 Å². The Kier molecular flexibility index (Phi) is 7.41. The normalized spacial score (nSPS) is 14.1. The second-order valence-electron chi connectivity index (χ2n) is 9.56. The van der Waals surface area contributed by atoms with Gasteiger partial charge in [0, 0.05) is 50.3 Å². The summed E-state index contributed by atoms with van der Waals surface area (Å²) < 4.78 is 43.0. The van der Waals surface area contributed by atoms with Crippen LogP contribution in [0, 0.1) is 0 Å². The zero-order valence-corrected chi connectivity index (χ0v) is 21.8. The number of amides is 1. The molecule has 1 aliphatic heterocycles. The van der Waals surface area contributed by atoms with E-state index in [1.807, 2.05) is 49.6 Å². The molecular weight excluding hydrogens is 506 g/mol. The fourth-order valence-electron chi connectivity index (χ4n) is 4.86. The number of carbonyl (C=O) groups excluding carboxylic acids is 1. The Morgan fingerprint density at radius 3 is 2.10 bits per heavy atom. The fourth-order valence-corrected chi connectivity index (χ4v) is 4.86. The molecule has 4 aromatic rings. The minimum Gasteiger partial charge on any atom is -0.406 e. The van der Waals surface area contributed by atoms with Crippen molar-refractivity contribution < 1.29 is 22.7 Å². The van der Waals surface area contributed by atoms with Crippen LogP contribution in [0.5, 0.6) is 5.75 Å². The zero-order valence-electron chi connectivity index (χ0n) is 21.8. The smallest absolute Gasteiger partial charge is 0.406 e. The van der Waals surface area contributed by atoms with Crippen molar-refractivity contribution in [3.8, 4) is 5.75 Å². The number of imidazole rings is 1. The van der Waals surface area contributed by atoms with Gasteiger partial charge in [0.1, 0.15) is 24.9 Å². The van der Waals surface area contributed by atoms with E-state index < -0.39 is 6.36 Å². The highest BCUT2D eigenvalue weighted by atomic mass is 19.4. The maximum absolute atomic E-state index is 13.1. The summed E-state index contributed by atoms with van der Waals surface area (Å²) in [6.07, 6.45) is -2.09. The maximum Gasteiger partial charge on any atom is 0.573 e. The van der Waals surface area contributed by atoms with Crippen LogP contribution in [0.15, 0.2) is 66.9 Å². The largest absolute Gasteiger partial charge is 0.573 e. The molecule has 1 N–H and O–H groups in total. The standard InChI is InChI=1S/C28H29BF3N5O2/c1-2-24-26(37-18-20(29)5-12-25(37)34-24)27(38)33-17-19-3-6-21(7-4-19)35-13-15-36(16-14-35)22-8-10-23(11-9-22)39-28(30,31)32/h3-12,18H,2,13-17,29H2,1H3,(H,33,38). The molecule has 0 bridgehead atoms. The first-order valence-corrected chi connectivity index (χ1v) is 12.9. The number of carbonyl (C=O) groups is 1. The first kappa shape index (κ1) is 26.5. The third kappa shape index (κ3) is 6.13. The Labute approximate surface area is 225 Å². The molecule has 7 nitrogen and oxygen atoms in total. The number of rotatable bonds is 7. The van der Waals surface area contributed by atoms with Gasteiger partial charge in [-0.15, -0.1) is 13.2 Å². The van der Waals surface area contributed by atoms with Gasteiger partial charge in [0.15, 0.2) is 0 Å². The molecule has 2 aromatic carbocycles. The summed E-state index contributed by atoms with van der Waals surface area (Å²) in [5.41, 5.74) is 6.12. The molecule has 5 rings (SSSR count). The van der Waals surface area contributed by atoms with E-state index in [0.717, 1.165) is 59.9 Å². The molecule has 1 aliphatic rings. The second kappa shape index (κ2) is 10.9. The molecule has 11 heteroatoms. The van der Waals surface area contributed by atoms with Gasteiger partial charge in [-0.2, -0.15) is 0 Å². The van der Waals surface area contributed by atoms with Gasteiger partial charge in [-0.25, -0.2) is 4.98 Å². The average molecular weight is 535 g/mol. The van der Waals surface area contributed by atoms with Crippen LogP contribution in [-0.4, -0.2) is 55.7 Å². The van der Waals surface area contributed by atoms with E-state index in [1.54, 1.807) is 12.1 Å². The van der Waals surface area contributed by atoms with E-state index in [9.17, 15) is 18.0 Å². The summed E-state index contributed by atoms with van der Waals surface area (Å²) in [5.74, 6) is -0.372. The molecule has 3 heterocycles. The van der Waals surface area contributed by atoms with Gasteiger partial charge in [0.25, 0.3) is 5.91 Å². The monoisotopic (exact) mass is 535 g/mol. The zero-order chi connectivity index (χ0) is 27.6. The van der Waals surface area contributed by atoms with Crippen LogP contribution in [0.25, 0.3) is 5.65 Å². The summed E-state index contributed by atoms with van der Waals surface area (Å²) in [7, 11) is 1.99. The predicted molar refractivity (Wildman–Crippen MR) is 148 cm³/mol. The van der Waals surface area contributed by atoms with Crippen molar-refractivity contribution in [1.82, 2.24) is 14.7 Å². The molecule has 2 aromatic heterocycles. The summed E-state index contributed by atoms with van der Waals surface area (Å²) in [6.45, 7) is 5.46. The molecule has 39 heavy (non-hydrogen) atoms. The van der Waals surface area contributed by atoms with Crippen LogP contribution in [0.1, 0.15) is 28.7 Å². The number of hydrogen-bond donors (Lipinski definition) is 1. The highest BCUT2D eigenvalue weighted by molar-refractivity contribution is 6.32. The number of fused-ring (bicyclic) bond motifs is 1. The van der Waals surface area contributed by atoms with E-state index in [2.05, 4.69) is 37.0 Å². The third-order valence-corrected chi connectivity index (χ3v) is 6.86. The number of anilines is 2. The second-order valence-corrected chi connectivity index (χ2v) is 9.56. The molecule has 0 saturated carbocycles. The summed E-state index contributed by atoms with van der Waals surface area (Å²) >= 11 is 0. The predicted octanol–water partition coefficient (Wildman–Crippen LogP) is 3.31. The number of halogens is 3. The summed E-state index contributed by atoms with van der Waals surface area (Å²) in [6, 6.07) is 18.0. The number of hydrogen-bond acceptors (Lipinski definition) is 5. The van der Waals surface area contributed by atoms with Crippen LogP contribution in [0.4, 0.5) is 24.5 Å². The first-order chi connectivity index (χ1) is 18.7. The first-order valence-electron chi connectivity index (χ1n) is 12.9. The molecule has 0 aliphatic carbocycles. The Bertz CT molecular complexity index is 1450. The number of aryl methyl sites for hydroxylation is 1. The SMILES string of the molecule is Bc1ccc2nc(CC)c(C(=O)NCc3ccc(N4CCN(c5ccc(OC(F)(F)F)cc5)CC4)cc3)n2c1. The van der Waals surface area contributed by atoms with Gasteiger partial charge in [0.05, 0.1) is 5.69 Å². The lowest BCUT2D eigenvalue weighted by Gasteiger charge is -2.37. The van der Waals surface area contributed by atoms with Gasteiger partial charge in [-0.3, -0.25) is 9.20 Å². The van der Waals surface area contributed by atoms with Crippen molar-refractivity contribution >= 4 is 36.2 Å². The van der Waals surface area contributed by atoms with Crippen LogP contribution in [0.3, 0.4) is 0 Å². The van der Waals surface area contributed by atoms with E-state index in [-0.39, 0.29) is 11.7 Å². The minimum atomic E-state index is -4.69. The number of nitrogens with zero attached hydrogens (tertiary/aromatic N) is 4. The Hall–Kier alpha value is -4.15. The van der Waals surface area contributed by atoms with Gasteiger partial charge in [0.2, 0.25) is 0 Å². The highest BCUT2D eigenvalue weighted by Crippen LogP contribution is 2.27. The van der Waals surface area contributed by atoms with Crippen LogP contribution >= 0.6 is 0 Å². The lowest BCUT2D eigenvalue weighted by Crippen LogP contribution is -2.46. The van der Waals surface area contributed by atoms with E-state index >= 15 is 0 Å². The highest BCUT2D eigenvalue weighted by Gasteiger charge is 2.31. The molecule has 202 valence electrons. The average Bonchev–Trinajstić information content (AvgIpc) is 3.29. The van der Waals surface area contributed by atoms with Crippen LogP contribution in [-0.2, 0) is 13.0 Å². The lowest BCUT2D eigenvalue weighted by molar-refractivity contribution is -0.274. The topological polar surface area (TPSA) is 62.1 Å². The van der Waals surface area contributed by atoms with Gasteiger partial charge < -0.3 is 19.9 Å². The lowest BCUT2D eigenvalue weighted by atomic mass is 9.99. The fraction of sp³-hybridized carbons (Fsp3) is 0.286. The molecule has 0 unspecified atom stereocenters. The Balaban J connectivity index is 1.16. The number of benzene rings is 2. The van der Waals surface area contributed by atoms with Gasteiger partial charge >= 0.3 is 6.36 Å². The van der Waals surface area contributed by atoms with Crippen molar-refractivity contribution in [2.24, 2.45) is 0 Å². The Morgan fingerprint density at radius 1 is 0.949 bits per heavy atom. The molecule has 1 saturated heterocycles. The molecule has 1 fully saturated rings. The van der Waals surface area contributed by atoms with E-state index in [0.29, 0.717) is 18.7 Å². The summed E-state index contributed by atoms with van der Waals surface area (Å²) in [5, 5.41) is 3.04. The molecule has 0 radical (unpaired) electrons. The molecular formula is C28H29BF3N5O2. The minimum absolute atomic E-state index is 0.150. The van der Waals surface area contributed by atoms with Crippen molar-refractivity contribution in [2.45, 2.75) is 26.3 Å². The third-order valence-electron chi connectivity index (χ3n) is 6.86. The number of ether oxygens (including phenoxy) is 1. The van der Waals surface area contributed by atoms with Crippen LogP contribution in [0.2, 0.25) is 0 Å².